The lowest BCUT2D eigenvalue weighted by Crippen LogP contribution is -2.41. The van der Waals surface area contributed by atoms with E-state index in [2.05, 4.69) is 5.32 Å². The second-order valence-corrected chi connectivity index (χ2v) is 6.26. The molecule has 3 nitrogen and oxygen atoms in total. The van der Waals surface area contributed by atoms with Crippen molar-refractivity contribution in [2.45, 2.75) is 43.6 Å². The summed E-state index contributed by atoms with van der Waals surface area (Å²) in [5.41, 5.74) is -0.377. The lowest BCUT2D eigenvalue weighted by molar-refractivity contribution is -0.123. The molecule has 1 aromatic rings. The molecule has 0 spiro atoms. The first-order chi connectivity index (χ1) is 9.98. The number of rotatable bonds is 4. The molecule has 0 radical (unpaired) electrons. The van der Waals surface area contributed by atoms with Crippen LogP contribution in [0, 0.1) is 17.6 Å². The third-order valence-electron chi connectivity index (χ3n) is 4.62. The van der Waals surface area contributed by atoms with Gasteiger partial charge in [0.2, 0.25) is 5.91 Å². The number of carbonyl (C=O) groups excluding carboxylic acids is 1. The van der Waals surface area contributed by atoms with E-state index in [9.17, 15) is 18.7 Å². The Morgan fingerprint density at radius 3 is 2.71 bits per heavy atom. The van der Waals surface area contributed by atoms with Crippen molar-refractivity contribution in [2.75, 3.05) is 6.54 Å². The van der Waals surface area contributed by atoms with Crippen molar-refractivity contribution < 1.29 is 18.7 Å². The van der Waals surface area contributed by atoms with E-state index < -0.39 is 17.2 Å². The zero-order chi connectivity index (χ0) is 15.0. The maximum atomic E-state index is 13.7. The van der Waals surface area contributed by atoms with Crippen molar-refractivity contribution in [1.29, 1.82) is 0 Å². The van der Waals surface area contributed by atoms with Crippen molar-refractivity contribution in [3.05, 3.63) is 35.4 Å². The Labute approximate surface area is 122 Å². The van der Waals surface area contributed by atoms with Gasteiger partial charge in [0.15, 0.2) is 0 Å². The van der Waals surface area contributed by atoms with Gasteiger partial charge in [0, 0.05) is 18.5 Å². The fourth-order valence-electron chi connectivity index (χ4n) is 3.22. The summed E-state index contributed by atoms with van der Waals surface area (Å²) >= 11 is 0. The van der Waals surface area contributed by atoms with Crippen LogP contribution >= 0.6 is 0 Å². The number of halogens is 2. The molecule has 0 bridgehead atoms. The minimum absolute atomic E-state index is 0.149. The molecule has 114 valence electrons. The molecule has 2 N–H and O–H groups in total. The minimum Gasteiger partial charge on any atom is -0.388 e. The highest BCUT2D eigenvalue weighted by molar-refractivity contribution is 5.83. The molecular formula is C16H19F2NO2. The Kier molecular flexibility index (Phi) is 3.69. The van der Waals surface area contributed by atoms with Gasteiger partial charge in [-0.3, -0.25) is 4.79 Å². The lowest BCUT2D eigenvalue weighted by Gasteiger charge is -2.22. The van der Waals surface area contributed by atoms with Crippen LogP contribution in [0.1, 0.15) is 43.6 Å². The molecule has 2 fully saturated rings. The van der Waals surface area contributed by atoms with Gasteiger partial charge in [-0.15, -0.1) is 0 Å². The standard InChI is InChI=1S/C16H19F2NO2/c17-10-3-4-11(14(18)7-10)12-8-13(12)15(20)19-9-16(21)5-1-2-6-16/h3-4,7,12-13,21H,1-2,5-6,8-9H2,(H,19,20). The maximum Gasteiger partial charge on any atom is 0.223 e. The van der Waals surface area contributed by atoms with Crippen LogP contribution in [0.3, 0.4) is 0 Å². The Balaban J connectivity index is 1.56. The van der Waals surface area contributed by atoms with E-state index >= 15 is 0 Å². The van der Waals surface area contributed by atoms with Gasteiger partial charge in [-0.25, -0.2) is 8.78 Å². The van der Waals surface area contributed by atoms with Crippen LogP contribution in [0.5, 0.6) is 0 Å². The van der Waals surface area contributed by atoms with Crippen molar-refractivity contribution in [3.8, 4) is 0 Å². The van der Waals surface area contributed by atoms with Crippen LogP contribution in [0.15, 0.2) is 18.2 Å². The first-order valence-electron chi connectivity index (χ1n) is 7.44. The van der Waals surface area contributed by atoms with E-state index in [1.807, 2.05) is 0 Å². The molecule has 2 unspecified atom stereocenters. The normalized spacial score (nSPS) is 26.6. The molecule has 2 aliphatic carbocycles. The highest BCUT2D eigenvalue weighted by atomic mass is 19.1. The molecule has 2 atom stereocenters. The fraction of sp³-hybridized carbons (Fsp3) is 0.562. The van der Waals surface area contributed by atoms with Gasteiger partial charge in [0.05, 0.1) is 5.60 Å². The average Bonchev–Trinajstić information content (AvgIpc) is 3.11. The molecule has 3 rings (SSSR count). The highest BCUT2D eigenvalue weighted by Crippen LogP contribution is 2.48. The Hall–Kier alpha value is -1.49. The van der Waals surface area contributed by atoms with Crippen LogP contribution in [-0.2, 0) is 4.79 Å². The molecule has 5 heteroatoms. The Bertz CT molecular complexity index is 555. The number of benzene rings is 1. The lowest BCUT2D eigenvalue weighted by atomic mass is 10.0. The van der Waals surface area contributed by atoms with Crippen molar-refractivity contribution in [2.24, 2.45) is 5.92 Å². The highest BCUT2D eigenvalue weighted by Gasteiger charge is 2.45. The van der Waals surface area contributed by atoms with E-state index in [0.29, 0.717) is 24.8 Å². The molecular weight excluding hydrogens is 276 g/mol. The van der Waals surface area contributed by atoms with Gasteiger partial charge in [-0.05, 0) is 36.8 Å². The molecule has 0 saturated heterocycles. The zero-order valence-electron chi connectivity index (χ0n) is 11.7. The van der Waals surface area contributed by atoms with Crippen molar-refractivity contribution in [3.63, 3.8) is 0 Å². The summed E-state index contributed by atoms with van der Waals surface area (Å²) in [6, 6.07) is 3.48. The largest absolute Gasteiger partial charge is 0.388 e. The predicted molar refractivity (Wildman–Crippen MR) is 73.6 cm³/mol. The second kappa shape index (κ2) is 5.37. The summed E-state index contributed by atoms with van der Waals surface area (Å²) in [6.45, 7) is 0.265. The number of aliphatic hydroxyl groups is 1. The predicted octanol–water partition coefficient (Wildman–Crippen LogP) is 2.49. The summed E-state index contributed by atoms with van der Waals surface area (Å²) in [6.07, 6.45) is 3.98. The fourth-order valence-corrected chi connectivity index (χ4v) is 3.22. The molecule has 2 saturated carbocycles. The van der Waals surface area contributed by atoms with Crippen LogP contribution in [0.2, 0.25) is 0 Å². The second-order valence-electron chi connectivity index (χ2n) is 6.26. The molecule has 0 aliphatic heterocycles. The van der Waals surface area contributed by atoms with Gasteiger partial charge in [-0.2, -0.15) is 0 Å². The zero-order valence-corrected chi connectivity index (χ0v) is 11.7. The summed E-state index contributed by atoms with van der Waals surface area (Å²) in [5.74, 6) is -1.80. The minimum atomic E-state index is -0.777. The first kappa shape index (κ1) is 14.4. The smallest absolute Gasteiger partial charge is 0.223 e. The average molecular weight is 295 g/mol. The summed E-state index contributed by atoms with van der Waals surface area (Å²) < 4.78 is 26.5. The topological polar surface area (TPSA) is 49.3 Å². The summed E-state index contributed by atoms with van der Waals surface area (Å²) in [4.78, 5) is 12.0. The first-order valence-corrected chi connectivity index (χ1v) is 7.44. The molecule has 1 amide bonds. The SMILES string of the molecule is O=C(NCC1(O)CCCC1)C1CC1c1ccc(F)cc1F. The maximum absolute atomic E-state index is 13.7. The number of carbonyl (C=O) groups is 1. The van der Waals surface area contributed by atoms with Crippen LogP contribution in [0.4, 0.5) is 8.78 Å². The monoisotopic (exact) mass is 295 g/mol. The summed E-state index contributed by atoms with van der Waals surface area (Å²) in [5, 5.41) is 13.0. The van der Waals surface area contributed by atoms with E-state index in [4.69, 9.17) is 0 Å². The molecule has 2 aliphatic rings. The molecule has 1 aromatic carbocycles. The van der Waals surface area contributed by atoms with Crippen LogP contribution in [0.25, 0.3) is 0 Å². The van der Waals surface area contributed by atoms with Gasteiger partial charge in [-0.1, -0.05) is 18.9 Å². The van der Waals surface area contributed by atoms with Gasteiger partial charge in [0.25, 0.3) is 0 Å². The quantitative estimate of drug-likeness (QED) is 0.896. The van der Waals surface area contributed by atoms with Crippen LogP contribution < -0.4 is 5.32 Å². The van der Waals surface area contributed by atoms with Crippen LogP contribution in [-0.4, -0.2) is 23.2 Å². The molecule has 0 aromatic heterocycles. The third kappa shape index (κ3) is 3.07. The van der Waals surface area contributed by atoms with E-state index in [1.54, 1.807) is 0 Å². The number of amides is 1. The van der Waals surface area contributed by atoms with Crippen molar-refractivity contribution in [1.82, 2.24) is 5.32 Å². The Morgan fingerprint density at radius 2 is 2.05 bits per heavy atom. The summed E-state index contributed by atoms with van der Waals surface area (Å²) in [7, 11) is 0. The third-order valence-corrected chi connectivity index (χ3v) is 4.62. The number of nitrogens with one attached hydrogen (secondary N) is 1. The van der Waals surface area contributed by atoms with Crippen molar-refractivity contribution >= 4 is 5.91 Å². The Morgan fingerprint density at radius 1 is 1.33 bits per heavy atom. The number of hydrogen-bond acceptors (Lipinski definition) is 2. The van der Waals surface area contributed by atoms with Gasteiger partial charge >= 0.3 is 0 Å². The van der Waals surface area contributed by atoms with Gasteiger partial charge in [0.1, 0.15) is 11.6 Å². The molecule has 21 heavy (non-hydrogen) atoms. The van der Waals surface area contributed by atoms with E-state index in [0.717, 1.165) is 18.9 Å². The van der Waals surface area contributed by atoms with E-state index in [1.165, 1.54) is 12.1 Å². The van der Waals surface area contributed by atoms with Gasteiger partial charge < -0.3 is 10.4 Å². The number of hydrogen-bond donors (Lipinski definition) is 2. The van der Waals surface area contributed by atoms with E-state index in [-0.39, 0.29) is 24.3 Å². The molecule has 0 heterocycles.